The maximum atomic E-state index is 12.8. The van der Waals surface area contributed by atoms with Crippen molar-refractivity contribution in [1.82, 2.24) is 14.9 Å². The Kier molecular flexibility index (Phi) is 6.77. The van der Waals surface area contributed by atoms with E-state index in [0.29, 0.717) is 12.3 Å². The largest absolute Gasteiger partial charge is 0.340 e. The molecule has 0 atom stereocenters. The number of Topliss-reactive ketones (excluding diaryl/α,β-unsaturated/α-hetero) is 1. The van der Waals surface area contributed by atoms with Gasteiger partial charge in [0.2, 0.25) is 0 Å². The van der Waals surface area contributed by atoms with E-state index in [1.807, 2.05) is 24.3 Å². The number of piperidine rings is 1. The summed E-state index contributed by atoms with van der Waals surface area (Å²) >= 11 is 0. The van der Waals surface area contributed by atoms with Crippen molar-refractivity contribution in [1.29, 1.82) is 0 Å². The number of benzene rings is 2. The highest BCUT2D eigenvalue weighted by molar-refractivity contribution is 5.96. The van der Waals surface area contributed by atoms with E-state index in [2.05, 4.69) is 50.5 Å². The maximum Gasteiger partial charge on any atom is 0.162 e. The number of hydrogen-bond donors (Lipinski definition) is 1. The fourth-order valence-electron chi connectivity index (χ4n) is 5.10. The summed E-state index contributed by atoms with van der Waals surface area (Å²) in [5.41, 5.74) is 5.53. The number of carbonyl (C=O) groups is 1. The third-order valence-electron chi connectivity index (χ3n) is 7.08. The molecule has 170 valence electrons. The Morgan fingerprint density at radius 3 is 2.55 bits per heavy atom. The van der Waals surface area contributed by atoms with Gasteiger partial charge in [-0.05, 0) is 87.4 Å². The number of aromatic nitrogens is 2. The Balaban J connectivity index is 1.08. The highest BCUT2D eigenvalue weighted by Crippen LogP contribution is 2.28. The minimum Gasteiger partial charge on any atom is -0.340 e. The molecule has 2 aromatic carbocycles. The summed E-state index contributed by atoms with van der Waals surface area (Å²) in [6, 6.07) is 18.5. The van der Waals surface area contributed by atoms with Gasteiger partial charge in [-0.3, -0.25) is 9.69 Å². The molecule has 1 aliphatic carbocycles. The number of nitrogens with one attached hydrogen (secondary N) is 1. The Morgan fingerprint density at radius 2 is 1.76 bits per heavy atom. The lowest BCUT2D eigenvalue weighted by molar-refractivity contribution is 0.0961. The number of anilines is 2. The molecule has 0 spiro atoms. The van der Waals surface area contributed by atoms with Crippen molar-refractivity contribution in [3.8, 4) is 0 Å². The molecule has 1 aromatic heterocycles. The topological polar surface area (TPSA) is 58.1 Å². The van der Waals surface area contributed by atoms with E-state index in [-0.39, 0.29) is 5.78 Å². The van der Waals surface area contributed by atoms with Gasteiger partial charge in [0.05, 0.1) is 0 Å². The van der Waals surface area contributed by atoms with E-state index in [9.17, 15) is 4.79 Å². The Labute approximate surface area is 196 Å². The molecule has 5 rings (SSSR count). The van der Waals surface area contributed by atoms with E-state index < -0.39 is 0 Å². The molecule has 33 heavy (non-hydrogen) atoms. The molecule has 0 unspecified atom stereocenters. The summed E-state index contributed by atoms with van der Waals surface area (Å²) in [5, 5.41) is 3.41. The van der Waals surface area contributed by atoms with Crippen molar-refractivity contribution in [3.63, 3.8) is 0 Å². The number of nitrogens with zero attached hydrogens (tertiary/aromatic N) is 3. The fraction of sp³-hybridized carbons (Fsp3) is 0.393. The fourth-order valence-corrected chi connectivity index (χ4v) is 5.10. The van der Waals surface area contributed by atoms with E-state index in [1.165, 1.54) is 24.0 Å². The highest BCUT2D eigenvalue weighted by atomic mass is 16.1. The van der Waals surface area contributed by atoms with Crippen LogP contribution >= 0.6 is 0 Å². The first-order valence-electron chi connectivity index (χ1n) is 12.2. The SMILES string of the molecule is O=C(CCC1CCN(Cc2ccccc2)CC1)c1ccc(Nc2ncnc3c2CCC3)cc1. The second kappa shape index (κ2) is 10.3. The zero-order valence-electron chi connectivity index (χ0n) is 19.2. The minimum absolute atomic E-state index is 0.246. The number of likely N-dealkylation sites (tertiary alicyclic amines) is 1. The molecule has 2 aliphatic rings. The summed E-state index contributed by atoms with van der Waals surface area (Å²) in [7, 11) is 0. The van der Waals surface area contributed by atoms with Crippen LogP contribution in [0.1, 0.15) is 59.3 Å². The first kappa shape index (κ1) is 21.8. The number of hydrogen-bond acceptors (Lipinski definition) is 5. The van der Waals surface area contributed by atoms with E-state index in [0.717, 1.165) is 68.1 Å². The standard InChI is InChI=1S/C28H32N4O/c33-27(14-9-21-15-17-32(18-16-21)19-22-5-2-1-3-6-22)23-10-12-24(13-11-23)31-28-25-7-4-8-26(25)29-20-30-28/h1-3,5-6,10-13,20-21H,4,7-9,14-19H2,(H,29,30,31). The minimum atomic E-state index is 0.246. The van der Waals surface area contributed by atoms with Crippen molar-refractivity contribution in [2.45, 2.75) is 51.5 Å². The average molecular weight is 441 g/mol. The van der Waals surface area contributed by atoms with Gasteiger partial charge in [0.1, 0.15) is 12.1 Å². The Morgan fingerprint density at radius 1 is 0.970 bits per heavy atom. The van der Waals surface area contributed by atoms with Crippen LogP contribution in [-0.4, -0.2) is 33.7 Å². The zero-order valence-corrected chi connectivity index (χ0v) is 19.2. The number of carbonyl (C=O) groups excluding carboxylic acids is 1. The van der Waals surface area contributed by atoms with Gasteiger partial charge < -0.3 is 5.32 Å². The molecule has 1 saturated heterocycles. The van der Waals surface area contributed by atoms with Crippen molar-refractivity contribution >= 4 is 17.3 Å². The predicted molar refractivity (Wildman–Crippen MR) is 132 cm³/mol. The summed E-state index contributed by atoms with van der Waals surface area (Å²) in [6.07, 6.45) is 8.84. The van der Waals surface area contributed by atoms with Crippen LogP contribution in [0.2, 0.25) is 0 Å². The van der Waals surface area contributed by atoms with Gasteiger partial charge in [-0.2, -0.15) is 0 Å². The maximum absolute atomic E-state index is 12.8. The van der Waals surface area contributed by atoms with Crippen LogP contribution in [-0.2, 0) is 19.4 Å². The molecule has 1 N–H and O–H groups in total. The van der Waals surface area contributed by atoms with E-state index >= 15 is 0 Å². The molecular formula is C28H32N4O. The lowest BCUT2D eigenvalue weighted by Crippen LogP contribution is -2.33. The quantitative estimate of drug-likeness (QED) is 0.463. The lowest BCUT2D eigenvalue weighted by atomic mass is 9.90. The first-order valence-corrected chi connectivity index (χ1v) is 12.2. The van der Waals surface area contributed by atoms with Crippen LogP contribution in [0.25, 0.3) is 0 Å². The monoisotopic (exact) mass is 440 g/mol. The molecular weight excluding hydrogens is 408 g/mol. The molecule has 0 bridgehead atoms. The number of fused-ring (bicyclic) bond motifs is 1. The number of ketones is 1. The van der Waals surface area contributed by atoms with Crippen LogP contribution in [0.4, 0.5) is 11.5 Å². The van der Waals surface area contributed by atoms with Gasteiger partial charge in [0, 0.05) is 35.5 Å². The third-order valence-corrected chi connectivity index (χ3v) is 7.08. The highest BCUT2D eigenvalue weighted by Gasteiger charge is 2.21. The second-order valence-electron chi connectivity index (χ2n) is 9.37. The molecule has 0 amide bonds. The van der Waals surface area contributed by atoms with Crippen molar-refractivity contribution in [2.24, 2.45) is 5.92 Å². The van der Waals surface area contributed by atoms with E-state index in [1.54, 1.807) is 6.33 Å². The second-order valence-corrected chi connectivity index (χ2v) is 9.37. The van der Waals surface area contributed by atoms with Crippen LogP contribution in [0.15, 0.2) is 60.9 Å². The summed E-state index contributed by atoms with van der Waals surface area (Å²) in [4.78, 5) is 24.1. The zero-order chi connectivity index (χ0) is 22.5. The van der Waals surface area contributed by atoms with Crippen LogP contribution < -0.4 is 5.32 Å². The van der Waals surface area contributed by atoms with Crippen molar-refractivity contribution < 1.29 is 4.79 Å². The predicted octanol–water partition coefficient (Wildman–Crippen LogP) is 5.58. The average Bonchev–Trinajstić information content (AvgIpc) is 3.35. The van der Waals surface area contributed by atoms with Gasteiger partial charge in [-0.25, -0.2) is 9.97 Å². The van der Waals surface area contributed by atoms with Crippen molar-refractivity contribution in [3.05, 3.63) is 83.3 Å². The van der Waals surface area contributed by atoms with Crippen LogP contribution in [0.5, 0.6) is 0 Å². The molecule has 2 heterocycles. The number of aryl methyl sites for hydroxylation is 1. The summed E-state index contributed by atoms with van der Waals surface area (Å²) in [6.45, 7) is 3.28. The van der Waals surface area contributed by atoms with Gasteiger partial charge in [-0.15, -0.1) is 0 Å². The molecule has 0 saturated carbocycles. The molecule has 5 heteroatoms. The normalized spacial score (nSPS) is 16.5. The molecule has 3 aromatic rings. The molecule has 1 aliphatic heterocycles. The van der Waals surface area contributed by atoms with Crippen LogP contribution in [0, 0.1) is 5.92 Å². The van der Waals surface area contributed by atoms with Gasteiger partial charge in [0.25, 0.3) is 0 Å². The lowest BCUT2D eigenvalue weighted by Gasteiger charge is -2.32. The van der Waals surface area contributed by atoms with Gasteiger partial charge >= 0.3 is 0 Å². The third kappa shape index (κ3) is 5.48. The summed E-state index contributed by atoms with van der Waals surface area (Å²) < 4.78 is 0. The Hall–Kier alpha value is -3.05. The molecule has 1 fully saturated rings. The Bertz CT molecular complexity index is 1070. The summed E-state index contributed by atoms with van der Waals surface area (Å²) in [5.74, 6) is 1.80. The smallest absolute Gasteiger partial charge is 0.162 e. The molecule has 5 nitrogen and oxygen atoms in total. The van der Waals surface area contributed by atoms with Crippen molar-refractivity contribution in [2.75, 3.05) is 18.4 Å². The van der Waals surface area contributed by atoms with Gasteiger partial charge in [0.15, 0.2) is 5.78 Å². The molecule has 0 radical (unpaired) electrons. The van der Waals surface area contributed by atoms with Crippen LogP contribution in [0.3, 0.4) is 0 Å². The number of rotatable bonds is 8. The van der Waals surface area contributed by atoms with Gasteiger partial charge in [-0.1, -0.05) is 30.3 Å². The van der Waals surface area contributed by atoms with E-state index in [4.69, 9.17) is 0 Å². The first-order chi connectivity index (χ1) is 16.2.